The van der Waals surface area contributed by atoms with Gasteiger partial charge in [-0.1, -0.05) is 53.5 Å². The van der Waals surface area contributed by atoms with Crippen molar-refractivity contribution >= 4 is 15.9 Å². The molecule has 1 aromatic rings. The Morgan fingerprint density at radius 2 is 2.18 bits per heavy atom. The molecule has 1 nitrogen and oxygen atoms in total. The van der Waals surface area contributed by atoms with Crippen LogP contribution in [-0.4, -0.2) is 11.9 Å². The average Bonchev–Trinajstić information content (AvgIpc) is 2.36. The summed E-state index contributed by atoms with van der Waals surface area (Å²) in [6, 6.07) is 8.20. The highest BCUT2D eigenvalue weighted by molar-refractivity contribution is 9.09. The number of alkyl halides is 1. The molecule has 94 valence electrons. The SMILES string of the molecule is C=CCc1ccccc1OCC(CBr)CCC. The van der Waals surface area contributed by atoms with Crippen molar-refractivity contribution in [2.45, 2.75) is 26.2 Å². The monoisotopic (exact) mass is 296 g/mol. The summed E-state index contributed by atoms with van der Waals surface area (Å²) in [7, 11) is 0. The first-order valence-corrected chi connectivity index (χ1v) is 7.31. The summed E-state index contributed by atoms with van der Waals surface area (Å²) in [5.74, 6) is 1.59. The lowest BCUT2D eigenvalue weighted by atomic mass is 10.1. The van der Waals surface area contributed by atoms with Crippen LogP contribution in [0.4, 0.5) is 0 Å². The highest BCUT2D eigenvalue weighted by Crippen LogP contribution is 2.20. The third-order valence-electron chi connectivity index (χ3n) is 2.73. The minimum absolute atomic E-state index is 0.594. The van der Waals surface area contributed by atoms with Gasteiger partial charge in [0.15, 0.2) is 0 Å². The molecule has 0 fully saturated rings. The fourth-order valence-electron chi connectivity index (χ4n) is 1.79. The minimum Gasteiger partial charge on any atom is -0.493 e. The largest absolute Gasteiger partial charge is 0.493 e. The molecule has 0 radical (unpaired) electrons. The second-order valence-electron chi connectivity index (χ2n) is 4.22. The van der Waals surface area contributed by atoms with Crippen LogP contribution < -0.4 is 4.74 Å². The lowest BCUT2D eigenvalue weighted by Crippen LogP contribution is -2.13. The fourth-order valence-corrected chi connectivity index (χ4v) is 2.30. The van der Waals surface area contributed by atoms with Gasteiger partial charge in [0.05, 0.1) is 6.61 Å². The maximum Gasteiger partial charge on any atom is 0.122 e. The van der Waals surface area contributed by atoms with Crippen LogP contribution in [0.3, 0.4) is 0 Å². The molecule has 1 atom stereocenters. The molecule has 1 unspecified atom stereocenters. The zero-order valence-corrected chi connectivity index (χ0v) is 12.1. The number of ether oxygens (including phenoxy) is 1. The molecule has 0 saturated carbocycles. The number of rotatable bonds is 8. The van der Waals surface area contributed by atoms with Gasteiger partial charge in [0.1, 0.15) is 5.75 Å². The predicted octanol–water partition coefficient (Wildman–Crippen LogP) is 4.61. The Hall–Kier alpha value is -0.760. The van der Waals surface area contributed by atoms with Gasteiger partial charge in [-0.3, -0.25) is 0 Å². The van der Waals surface area contributed by atoms with E-state index in [1.54, 1.807) is 0 Å². The smallest absolute Gasteiger partial charge is 0.122 e. The van der Waals surface area contributed by atoms with Crippen LogP contribution in [-0.2, 0) is 6.42 Å². The van der Waals surface area contributed by atoms with E-state index >= 15 is 0 Å². The Kier molecular flexibility index (Phi) is 7.02. The first kappa shape index (κ1) is 14.3. The molecule has 2 heteroatoms. The highest BCUT2D eigenvalue weighted by atomic mass is 79.9. The number of halogens is 1. The van der Waals surface area contributed by atoms with E-state index < -0.39 is 0 Å². The normalized spacial score (nSPS) is 12.1. The van der Waals surface area contributed by atoms with Crippen molar-refractivity contribution in [3.63, 3.8) is 0 Å². The Labute approximate surface area is 113 Å². The first-order valence-electron chi connectivity index (χ1n) is 6.19. The van der Waals surface area contributed by atoms with Crippen LogP contribution in [0.5, 0.6) is 5.75 Å². The van der Waals surface area contributed by atoms with Crippen molar-refractivity contribution in [2.24, 2.45) is 5.92 Å². The van der Waals surface area contributed by atoms with Crippen LogP contribution in [0.1, 0.15) is 25.3 Å². The van der Waals surface area contributed by atoms with Crippen molar-refractivity contribution in [1.82, 2.24) is 0 Å². The minimum atomic E-state index is 0.594. The van der Waals surface area contributed by atoms with Crippen LogP contribution in [0.15, 0.2) is 36.9 Å². The summed E-state index contributed by atoms with van der Waals surface area (Å²) < 4.78 is 5.92. The molecule has 0 N–H and O–H groups in total. The second-order valence-corrected chi connectivity index (χ2v) is 4.87. The van der Waals surface area contributed by atoms with E-state index in [1.165, 1.54) is 18.4 Å². The fraction of sp³-hybridized carbons (Fsp3) is 0.467. The van der Waals surface area contributed by atoms with Gasteiger partial charge in [0.2, 0.25) is 0 Å². The van der Waals surface area contributed by atoms with Crippen LogP contribution >= 0.6 is 15.9 Å². The summed E-state index contributed by atoms with van der Waals surface area (Å²) in [5.41, 5.74) is 1.22. The van der Waals surface area contributed by atoms with E-state index in [1.807, 2.05) is 24.3 Å². The van der Waals surface area contributed by atoms with Gasteiger partial charge in [0.25, 0.3) is 0 Å². The summed E-state index contributed by atoms with van der Waals surface area (Å²) in [6.07, 6.45) is 5.18. The van der Waals surface area contributed by atoms with Crippen molar-refractivity contribution in [1.29, 1.82) is 0 Å². The van der Waals surface area contributed by atoms with E-state index in [2.05, 4.69) is 35.5 Å². The third kappa shape index (κ3) is 4.95. The Morgan fingerprint density at radius 1 is 1.41 bits per heavy atom. The van der Waals surface area contributed by atoms with Crippen molar-refractivity contribution in [3.8, 4) is 5.75 Å². The summed E-state index contributed by atoms with van der Waals surface area (Å²) >= 11 is 3.54. The average molecular weight is 297 g/mol. The van der Waals surface area contributed by atoms with Crippen molar-refractivity contribution < 1.29 is 4.74 Å². The topological polar surface area (TPSA) is 9.23 Å². The van der Waals surface area contributed by atoms with Gasteiger partial charge in [-0.25, -0.2) is 0 Å². The summed E-state index contributed by atoms with van der Waals surface area (Å²) in [5, 5.41) is 1.00. The Morgan fingerprint density at radius 3 is 2.82 bits per heavy atom. The third-order valence-corrected chi connectivity index (χ3v) is 3.64. The Bertz CT molecular complexity index is 335. The van der Waals surface area contributed by atoms with Crippen LogP contribution in [0, 0.1) is 5.92 Å². The van der Waals surface area contributed by atoms with Gasteiger partial charge >= 0.3 is 0 Å². The molecule has 0 aliphatic heterocycles. The molecule has 17 heavy (non-hydrogen) atoms. The quantitative estimate of drug-likeness (QED) is 0.503. The van der Waals surface area contributed by atoms with Crippen molar-refractivity contribution in [3.05, 3.63) is 42.5 Å². The van der Waals surface area contributed by atoms with E-state index in [0.717, 1.165) is 24.1 Å². The molecule has 0 aliphatic rings. The van der Waals surface area contributed by atoms with Crippen LogP contribution in [0.2, 0.25) is 0 Å². The summed E-state index contributed by atoms with van der Waals surface area (Å²) in [4.78, 5) is 0. The standard InChI is InChI=1S/C15H21BrO/c1-3-7-13(11-16)12-17-15-10-6-5-9-14(15)8-4-2/h4-6,9-10,13H,2-3,7-8,11-12H2,1H3. The highest BCUT2D eigenvalue weighted by Gasteiger charge is 2.08. The predicted molar refractivity (Wildman–Crippen MR) is 78.0 cm³/mol. The molecule has 0 aromatic heterocycles. The van der Waals surface area contributed by atoms with Gasteiger partial charge in [0, 0.05) is 11.2 Å². The zero-order chi connectivity index (χ0) is 12.5. The Balaban J connectivity index is 2.57. The molecule has 1 rings (SSSR count). The number of benzene rings is 1. The maximum absolute atomic E-state index is 5.92. The molecule has 0 saturated heterocycles. The molecule has 0 heterocycles. The molecule has 1 aromatic carbocycles. The van der Waals surface area contributed by atoms with Crippen molar-refractivity contribution in [2.75, 3.05) is 11.9 Å². The van der Waals surface area contributed by atoms with Gasteiger partial charge in [-0.2, -0.15) is 0 Å². The first-order chi connectivity index (χ1) is 8.31. The number of allylic oxidation sites excluding steroid dienone is 1. The molecular weight excluding hydrogens is 276 g/mol. The van der Waals surface area contributed by atoms with Gasteiger partial charge < -0.3 is 4.74 Å². The van der Waals surface area contributed by atoms with Gasteiger partial charge in [-0.15, -0.1) is 6.58 Å². The molecular formula is C15H21BrO. The second kappa shape index (κ2) is 8.35. The number of hydrogen-bond donors (Lipinski definition) is 0. The van der Waals surface area contributed by atoms with E-state index in [-0.39, 0.29) is 0 Å². The lowest BCUT2D eigenvalue weighted by Gasteiger charge is -2.16. The molecule has 0 aliphatic carbocycles. The molecule has 0 bridgehead atoms. The lowest BCUT2D eigenvalue weighted by molar-refractivity contribution is 0.253. The maximum atomic E-state index is 5.92. The molecule has 0 amide bonds. The summed E-state index contributed by atoms with van der Waals surface area (Å²) in [6.45, 7) is 6.77. The number of para-hydroxylation sites is 1. The van der Waals surface area contributed by atoms with E-state index in [0.29, 0.717) is 5.92 Å². The molecule has 0 spiro atoms. The van der Waals surface area contributed by atoms with Crippen LogP contribution in [0.25, 0.3) is 0 Å². The van der Waals surface area contributed by atoms with E-state index in [4.69, 9.17) is 4.74 Å². The van der Waals surface area contributed by atoms with E-state index in [9.17, 15) is 0 Å². The zero-order valence-electron chi connectivity index (χ0n) is 10.5. The number of hydrogen-bond acceptors (Lipinski definition) is 1. The van der Waals surface area contributed by atoms with Gasteiger partial charge in [-0.05, 0) is 24.5 Å².